The summed E-state index contributed by atoms with van der Waals surface area (Å²) in [5.41, 5.74) is 7.16. The van der Waals surface area contributed by atoms with E-state index >= 15 is 0 Å². The SMILES string of the molecule is CC(C)NC(=O)CCNC(=O)c1n[nH]c(C(C)C)c1N. The van der Waals surface area contributed by atoms with Crippen LogP contribution in [0.4, 0.5) is 5.69 Å². The minimum atomic E-state index is -0.372. The molecule has 5 N–H and O–H groups in total. The summed E-state index contributed by atoms with van der Waals surface area (Å²) in [6.45, 7) is 7.94. The van der Waals surface area contributed by atoms with Gasteiger partial charge in [-0.15, -0.1) is 0 Å². The van der Waals surface area contributed by atoms with Crippen molar-refractivity contribution < 1.29 is 9.59 Å². The maximum Gasteiger partial charge on any atom is 0.273 e. The molecule has 0 bridgehead atoms. The van der Waals surface area contributed by atoms with E-state index in [1.54, 1.807) is 0 Å². The van der Waals surface area contributed by atoms with E-state index in [9.17, 15) is 9.59 Å². The predicted octanol–water partition coefficient (Wildman–Crippen LogP) is 0.760. The van der Waals surface area contributed by atoms with Crippen molar-refractivity contribution >= 4 is 17.5 Å². The first-order chi connectivity index (χ1) is 9.32. The van der Waals surface area contributed by atoms with Crippen LogP contribution in [0.3, 0.4) is 0 Å². The molecule has 0 aliphatic carbocycles. The Kier molecular flexibility index (Phi) is 5.54. The van der Waals surface area contributed by atoms with E-state index in [2.05, 4.69) is 20.8 Å². The minimum absolute atomic E-state index is 0.0915. The van der Waals surface area contributed by atoms with Crippen LogP contribution in [0, 0.1) is 0 Å². The van der Waals surface area contributed by atoms with E-state index in [4.69, 9.17) is 5.73 Å². The molecule has 0 saturated heterocycles. The highest BCUT2D eigenvalue weighted by Gasteiger charge is 2.18. The lowest BCUT2D eigenvalue weighted by molar-refractivity contribution is -0.121. The van der Waals surface area contributed by atoms with Crippen LogP contribution in [0.1, 0.15) is 56.2 Å². The smallest absolute Gasteiger partial charge is 0.273 e. The lowest BCUT2D eigenvalue weighted by Crippen LogP contribution is -2.34. The van der Waals surface area contributed by atoms with Gasteiger partial charge in [-0.1, -0.05) is 13.8 Å². The van der Waals surface area contributed by atoms with Crippen LogP contribution in [0.2, 0.25) is 0 Å². The number of carbonyl (C=O) groups excluding carboxylic acids is 2. The normalized spacial score (nSPS) is 10.9. The fourth-order valence-corrected chi connectivity index (χ4v) is 1.74. The number of hydrogen-bond acceptors (Lipinski definition) is 4. The fourth-order valence-electron chi connectivity index (χ4n) is 1.74. The first-order valence-corrected chi connectivity index (χ1v) is 6.74. The molecule has 20 heavy (non-hydrogen) atoms. The molecule has 112 valence electrons. The molecule has 7 nitrogen and oxygen atoms in total. The van der Waals surface area contributed by atoms with Gasteiger partial charge in [-0.3, -0.25) is 14.7 Å². The molecular weight excluding hydrogens is 258 g/mol. The molecule has 0 aliphatic heterocycles. The highest BCUT2D eigenvalue weighted by molar-refractivity contribution is 5.97. The van der Waals surface area contributed by atoms with Crippen molar-refractivity contribution in [3.63, 3.8) is 0 Å². The van der Waals surface area contributed by atoms with Gasteiger partial charge in [-0.25, -0.2) is 0 Å². The van der Waals surface area contributed by atoms with Crippen molar-refractivity contribution in [2.45, 2.75) is 46.1 Å². The minimum Gasteiger partial charge on any atom is -0.395 e. The van der Waals surface area contributed by atoms with Crippen molar-refractivity contribution in [3.05, 3.63) is 11.4 Å². The standard InChI is InChI=1S/C13H23N5O2/c1-7(2)11-10(14)12(18-17-11)13(20)15-6-5-9(19)16-8(3)4/h7-8H,5-6,14H2,1-4H3,(H,15,20)(H,16,19)(H,17,18). The maximum absolute atomic E-state index is 11.9. The van der Waals surface area contributed by atoms with Gasteiger partial charge in [0.2, 0.25) is 5.91 Å². The Morgan fingerprint density at radius 2 is 1.95 bits per heavy atom. The summed E-state index contributed by atoms with van der Waals surface area (Å²) >= 11 is 0. The molecule has 0 aromatic carbocycles. The van der Waals surface area contributed by atoms with Gasteiger partial charge in [-0.05, 0) is 19.8 Å². The molecule has 0 spiro atoms. The molecule has 0 radical (unpaired) electrons. The summed E-state index contributed by atoms with van der Waals surface area (Å²) in [4.78, 5) is 23.3. The van der Waals surface area contributed by atoms with Gasteiger partial charge in [0.15, 0.2) is 5.69 Å². The van der Waals surface area contributed by atoms with Crippen molar-refractivity contribution in [3.8, 4) is 0 Å². The van der Waals surface area contributed by atoms with Crippen LogP contribution in [0.15, 0.2) is 0 Å². The Morgan fingerprint density at radius 3 is 2.45 bits per heavy atom. The maximum atomic E-state index is 11.9. The lowest BCUT2D eigenvalue weighted by Gasteiger charge is -2.08. The molecule has 0 aliphatic rings. The van der Waals surface area contributed by atoms with Gasteiger partial charge in [0.25, 0.3) is 5.91 Å². The summed E-state index contributed by atoms with van der Waals surface area (Å²) in [5, 5.41) is 12.1. The monoisotopic (exact) mass is 281 g/mol. The van der Waals surface area contributed by atoms with Crippen LogP contribution in [-0.4, -0.2) is 34.6 Å². The number of carbonyl (C=O) groups is 2. The largest absolute Gasteiger partial charge is 0.395 e. The number of hydrogen-bond donors (Lipinski definition) is 4. The second kappa shape index (κ2) is 6.93. The van der Waals surface area contributed by atoms with Crippen molar-refractivity contribution in [1.29, 1.82) is 0 Å². The molecule has 7 heteroatoms. The molecule has 2 amide bonds. The van der Waals surface area contributed by atoms with E-state index < -0.39 is 0 Å². The number of nitrogens with one attached hydrogen (secondary N) is 3. The number of aromatic amines is 1. The second-order valence-electron chi connectivity index (χ2n) is 5.28. The summed E-state index contributed by atoms with van der Waals surface area (Å²) in [7, 11) is 0. The summed E-state index contributed by atoms with van der Waals surface area (Å²) < 4.78 is 0. The summed E-state index contributed by atoms with van der Waals surface area (Å²) in [6, 6.07) is 0.0915. The predicted molar refractivity (Wildman–Crippen MR) is 77.3 cm³/mol. The number of nitrogens with zero attached hydrogens (tertiary/aromatic N) is 1. The molecule has 1 aromatic rings. The van der Waals surface area contributed by atoms with Crippen molar-refractivity contribution in [1.82, 2.24) is 20.8 Å². The number of aromatic nitrogens is 2. The van der Waals surface area contributed by atoms with Gasteiger partial charge in [0.1, 0.15) is 0 Å². The third-order valence-corrected chi connectivity index (χ3v) is 2.71. The van der Waals surface area contributed by atoms with Gasteiger partial charge >= 0.3 is 0 Å². The molecule has 1 heterocycles. The Bertz CT molecular complexity index is 479. The number of anilines is 1. The van der Waals surface area contributed by atoms with E-state index in [1.165, 1.54) is 0 Å². The van der Waals surface area contributed by atoms with Crippen LogP contribution in [0.5, 0.6) is 0 Å². The average Bonchev–Trinajstić information content (AvgIpc) is 2.69. The van der Waals surface area contributed by atoms with E-state index in [0.717, 1.165) is 5.69 Å². The molecular formula is C13H23N5O2. The van der Waals surface area contributed by atoms with E-state index in [1.807, 2.05) is 27.7 Å². The number of H-pyrrole nitrogens is 1. The first-order valence-electron chi connectivity index (χ1n) is 6.74. The topological polar surface area (TPSA) is 113 Å². The third-order valence-electron chi connectivity index (χ3n) is 2.71. The lowest BCUT2D eigenvalue weighted by atomic mass is 10.1. The van der Waals surface area contributed by atoms with Gasteiger partial charge < -0.3 is 16.4 Å². The summed E-state index contributed by atoms with van der Waals surface area (Å²) in [5.74, 6) is -0.304. The van der Waals surface area contributed by atoms with Gasteiger partial charge in [-0.2, -0.15) is 5.10 Å². The zero-order chi connectivity index (χ0) is 15.3. The molecule has 1 rings (SSSR count). The highest BCUT2D eigenvalue weighted by Crippen LogP contribution is 2.21. The number of nitrogens with two attached hydrogens (primary N) is 1. The van der Waals surface area contributed by atoms with Crippen LogP contribution in [-0.2, 0) is 4.79 Å². The molecule has 0 atom stereocenters. The first kappa shape index (κ1) is 16.0. The van der Waals surface area contributed by atoms with Crippen LogP contribution in [0.25, 0.3) is 0 Å². The molecule has 0 fully saturated rings. The van der Waals surface area contributed by atoms with E-state index in [0.29, 0.717) is 5.69 Å². The van der Waals surface area contributed by atoms with Crippen LogP contribution >= 0.6 is 0 Å². The molecule has 1 aromatic heterocycles. The summed E-state index contributed by atoms with van der Waals surface area (Å²) in [6.07, 6.45) is 0.227. The second-order valence-corrected chi connectivity index (χ2v) is 5.28. The Balaban J connectivity index is 2.50. The average molecular weight is 281 g/mol. The fraction of sp³-hybridized carbons (Fsp3) is 0.615. The van der Waals surface area contributed by atoms with Gasteiger partial charge in [0.05, 0.1) is 11.4 Å². The zero-order valence-corrected chi connectivity index (χ0v) is 12.4. The van der Waals surface area contributed by atoms with Gasteiger partial charge in [0, 0.05) is 19.0 Å². The Morgan fingerprint density at radius 1 is 1.30 bits per heavy atom. The van der Waals surface area contributed by atoms with Crippen molar-refractivity contribution in [2.75, 3.05) is 12.3 Å². The van der Waals surface area contributed by atoms with Crippen molar-refractivity contribution in [2.24, 2.45) is 0 Å². The Labute approximate surface area is 118 Å². The highest BCUT2D eigenvalue weighted by atomic mass is 16.2. The number of rotatable bonds is 6. The number of nitrogen functional groups attached to an aromatic ring is 1. The third kappa shape index (κ3) is 4.25. The number of amides is 2. The van der Waals surface area contributed by atoms with E-state index in [-0.39, 0.29) is 42.4 Å². The Hall–Kier alpha value is -2.05. The molecule has 0 saturated carbocycles. The quantitative estimate of drug-likeness (QED) is 0.616. The zero-order valence-electron chi connectivity index (χ0n) is 12.4. The molecule has 0 unspecified atom stereocenters. The van der Waals surface area contributed by atoms with Crippen LogP contribution < -0.4 is 16.4 Å².